The Morgan fingerprint density at radius 1 is 1.19 bits per heavy atom. The molecule has 3 aromatic rings. The number of aromatic nitrogens is 3. The van der Waals surface area contributed by atoms with Crippen molar-refractivity contribution >= 4 is 38.6 Å². The average molecular weight is 472 g/mol. The van der Waals surface area contributed by atoms with Crippen LogP contribution in [0.5, 0.6) is 0 Å². The maximum Gasteiger partial charge on any atom is 0.269 e. The van der Waals surface area contributed by atoms with Crippen LogP contribution in [0, 0.1) is 12.8 Å². The van der Waals surface area contributed by atoms with Crippen molar-refractivity contribution in [1.29, 1.82) is 0 Å². The predicted molar refractivity (Wildman–Crippen MR) is 130 cm³/mol. The van der Waals surface area contributed by atoms with Gasteiger partial charge in [-0.05, 0) is 62.6 Å². The number of anilines is 1. The number of fused-ring (bicyclic) bond motifs is 1. The summed E-state index contributed by atoms with van der Waals surface area (Å²) in [5.41, 5.74) is 1.44. The minimum absolute atomic E-state index is 0.255. The predicted octanol–water partition coefficient (Wildman–Crippen LogP) is 3.29. The zero-order valence-corrected chi connectivity index (χ0v) is 20.1. The van der Waals surface area contributed by atoms with Crippen LogP contribution in [0.2, 0.25) is 0 Å². The van der Waals surface area contributed by atoms with Crippen LogP contribution >= 0.6 is 11.8 Å². The molecular weight excluding hydrogens is 442 g/mol. The van der Waals surface area contributed by atoms with Gasteiger partial charge in [-0.1, -0.05) is 17.7 Å². The summed E-state index contributed by atoms with van der Waals surface area (Å²) in [7, 11) is -1.66. The molecule has 2 aromatic heterocycles. The minimum Gasteiger partial charge on any atom is -0.356 e. The first kappa shape index (κ1) is 21.7. The summed E-state index contributed by atoms with van der Waals surface area (Å²) < 4.78 is 27.7. The van der Waals surface area contributed by atoms with Gasteiger partial charge in [0.25, 0.3) is 10.0 Å². The van der Waals surface area contributed by atoms with Crippen molar-refractivity contribution in [1.82, 2.24) is 19.3 Å². The van der Waals surface area contributed by atoms with Crippen molar-refractivity contribution in [3.8, 4) is 0 Å². The molecule has 32 heavy (non-hydrogen) atoms. The first-order valence-corrected chi connectivity index (χ1v) is 13.6. The van der Waals surface area contributed by atoms with Crippen LogP contribution in [-0.4, -0.2) is 59.5 Å². The van der Waals surface area contributed by atoms with E-state index in [2.05, 4.69) is 39.0 Å². The van der Waals surface area contributed by atoms with E-state index in [4.69, 9.17) is 0 Å². The van der Waals surface area contributed by atoms with Gasteiger partial charge in [0.05, 0.1) is 10.3 Å². The Bertz CT molecular complexity index is 1200. The number of hydrogen-bond donors (Lipinski definition) is 1. The molecule has 1 saturated heterocycles. The highest BCUT2D eigenvalue weighted by Crippen LogP contribution is 2.38. The fourth-order valence-electron chi connectivity index (χ4n) is 4.58. The maximum atomic E-state index is 13.2. The van der Waals surface area contributed by atoms with Crippen LogP contribution in [0.4, 0.5) is 5.82 Å². The largest absolute Gasteiger partial charge is 0.356 e. The van der Waals surface area contributed by atoms with Gasteiger partial charge in [-0.3, -0.25) is 0 Å². The van der Waals surface area contributed by atoms with Crippen molar-refractivity contribution < 1.29 is 8.42 Å². The quantitative estimate of drug-likeness (QED) is 0.566. The zero-order chi connectivity index (χ0) is 22.3. The van der Waals surface area contributed by atoms with E-state index >= 15 is 0 Å². The fourth-order valence-corrected chi connectivity index (χ4v) is 7.22. The number of rotatable bonds is 7. The molecule has 0 amide bonds. The first-order chi connectivity index (χ1) is 15.4. The van der Waals surface area contributed by atoms with E-state index in [0.29, 0.717) is 11.7 Å². The third-order valence-corrected chi connectivity index (χ3v) is 9.90. The van der Waals surface area contributed by atoms with Crippen molar-refractivity contribution in [2.45, 2.75) is 42.4 Å². The molecule has 170 valence electrons. The SMILES string of the molecule is Cc1ccc(S(=O)(=O)n2ccc3c(N(C)C4CC(CSC5CCNC5)C4)ncnc32)cc1. The summed E-state index contributed by atoms with van der Waals surface area (Å²) >= 11 is 2.11. The Balaban J connectivity index is 1.32. The van der Waals surface area contributed by atoms with E-state index in [1.54, 1.807) is 30.5 Å². The molecule has 3 heterocycles. The molecule has 1 N–H and O–H groups in total. The molecule has 2 aliphatic rings. The molecule has 1 aliphatic heterocycles. The van der Waals surface area contributed by atoms with Crippen LogP contribution in [0.3, 0.4) is 0 Å². The van der Waals surface area contributed by atoms with Crippen LogP contribution in [0.1, 0.15) is 24.8 Å². The monoisotopic (exact) mass is 471 g/mol. The summed E-state index contributed by atoms with van der Waals surface area (Å²) in [4.78, 5) is 11.3. The molecule has 9 heteroatoms. The van der Waals surface area contributed by atoms with E-state index in [9.17, 15) is 8.42 Å². The van der Waals surface area contributed by atoms with E-state index in [1.807, 2.05) is 13.0 Å². The molecule has 1 saturated carbocycles. The highest BCUT2D eigenvalue weighted by Gasteiger charge is 2.34. The van der Waals surface area contributed by atoms with Gasteiger partial charge in [-0.2, -0.15) is 11.8 Å². The van der Waals surface area contributed by atoms with E-state index < -0.39 is 10.0 Å². The highest BCUT2D eigenvalue weighted by atomic mass is 32.2. The molecule has 1 aliphatic carbocycles. The summed E-state index contributed by atoms with van der Waals surface area (Å²) in [5.74, 6) is 2.77. The Labute approximate surface area is 193 Å². The molecule has 0 radical (unpaired) electrons. The maximum absolute atomic E-state index is 13.2. The normalized spacial score (nSPS) is 23.4. The van der Waals surface area contributed by atoms with Gasteiger partial charge in [0.2, 0.25) is 0 Å². The number of hydrogen-bond acceptors (Lipinski definition) is 7. The number of nitrogens with one attached hydrogen (secondary N) is 1. The van der Waals surface area contributed by atoms with Gasteiger partial charge in [0, 0.05) is 31.1 Å². The topological polar surface area (TPSA) is 80.1 Å². The lowest BCUT2D eigenvalue weighted by atomic mass is 9.81. The Hall–Kier alpha value is -2.10. The lowest BCUT2D eigenvalue weighted by Crippen LogP contribution is -2.44. The van der Waals surface area contributed by atoms with Gasteiger partial charge in [0.15, 0.2) is 5.65 Å². The number of nitrogens with zero attached hydrogens (tertiary/aromatic N) is 4. The van der Waals surface area contributed by atoms with Crippen LogP contribution in [-0.2, 0) is 10.0 Å². The van der Waals surface area contributed by atoms with Crippen molar-refractivity contribution in [2.75, 3.05) is 30.8 Å². The second-order valence-electron chi connectivity index (χ2n) is 8.91. The zero-order valence-electron chi connectivity index (χ0n) is 18.4. The summed E-state index contributed by atoms with van der Waals surface area (Å²) in [6.45, 7) is 4.23. The molecule has 2 fully saturated rings. The van der Waals surface area contributed by atoms with Crippen molar-refractivity contribution in [2.24, 2.45) is 5.92 Å². The van der Waals surface area contributed by atoms with Gasteiger partial charge < -0.3 is 10.2 Å². The Kier molecular flexibility index (Phi) is 5.90. The summed E-state index contributed by atoms with van der Waals surface area (Å²) in [6, 6.07) is 9.13. The van der Waals surface area contributed by atoms with E-state index in [-0.39, 0.29) is 4.90 Å². The fraction of sp³-hybridized carbons (Fsp3) is 0.478. The number of thioether (sulfide) groups is 1. The van der Waals surface area contributed by atoms with E-state index in [0.717, 1.165) is 53.9 Å². The standard InChI is InChI=1S/C23H29N5O2S2/c1-16-3-5-20(6-4-16)32(29,30)28-10-8-21-22(25-15-26-23(21)28)27(2)18-11-17(12-18)14-31-19-7-9-24-13-19/h3-6,8,10,15,17-19,24H,7,9,11-14H2,1-2H3. The smallest absolute Gasteiger partial charge is 0.269 e. The van der Waals surface area contributed by atoms with Crippen molar-refractivity contribution in [3.63, 3.8) is 0 Å². The lowest BCUT2D eigenvalue weighted by molar-refractivity contribution is 0.285. The number of benzene rings is 1. The molecule has 5 rings (SSSR count). The first-order valence-electron chi connectivity index (χ1n) is 11.1. The summed E-state index contributed by atoms with van der Waals surface area (Å²) in [5, 5.41) is 4.97. The van der Waals surface area contributed by atoms with Gasteiger partial charge in [-0.25, -0.2) is 22.4 Å². The average Bonchev–Trinajstić information content (AvgIpc) is 3.42. The van der Waals surface area contributed by atoms with Gasteiger partial charge in [0.1, 0.15) is 12.1 Å². The summed E-state index contributed by atoms with van der Waals surface area (Å²) in [6.07, 6.45) is 6.63. The van der Waals surface area contributed by atoms with Gasteiger partial charge in [-0.15, -0.1) is 0 Å². The molecule has 0 spiro atoms. The van der Waals surface area contributed by atoms with Crippen LogP contribution in [0.25, 0.3) is 11.0 Å². The third-order valence-electron chi connectivity index (χ3n) is 6.68. The molecule has 1 atom stereocenters. The highest BCUT2D eigenvalue weighted by molar-refractivity contribution is 7.99. The lowest BCUT2D eigenvalue weighted by Gasteiger charge is -2.42. The molecule has 0 bridgehead atoms. The molecule has 7 nitrogen and oxygen atoms in total. The molecular formula is C23H29N5O2S2. The Morgan fingerprint density at radius 2 is 1.97 bits per heavy atom. The van der Waals surface area contributed by atoms with E-state index in [1.165, 1.54) is 22.5 Å². The third kappa shape index (κ3) is 4.02. The van der Waals surface area contributed by atoms with Crippen LogP contribution in [0.15, 0.2) is 47.8 Å². The van der Waals surface area contributed by atoms with Crippen LogP contribution < -0.4 is 10.2 Å². The molecule has 1 aromatic carbocycles. The second kappa shape index (κ2) is 8.68. The minimum atomic E-state index is -3.72. The van der Waals surface area contributed by atoms with Gasteiger partial charge >= 0.3 is 0 Å². The molecule has 1 unspecified atom stereocenters. The Morgan fingerprint density at radius 3 is 2.69 bits per heavy atom. The van der Waals surface area contributed by atoms with Crippen molar-refractivity contribution in [3.05, 3.63) is 48.4 Å². The second-order valence-corrected chi connectivity index (χ2v) is 12.1. The number of aryl methyl sites for hydroxylation is 1.